The number of aromatic nitrogens is 3. The van der Waals surface area contributed by atoms with Crippen LogP contribution in [-0.2, 0) is 0 Å². The summed E-state index contributed by atoms with van der Waals surface area (Å²) in [4.78, 5) is 20.9. The summed E-state index contributed by atoms with van der Waals surface area (Å²) in [5.41, 5.74) is 1.03. The molecule has 0 amide bonds. The average Bonchev–Trinajstić information content (AvgIpc) is 2.94. The third kappa shape index (κ3) is 2.11. The second-order valence-corrected chi connectivity index (χ2v) is 4.61. The highest BCUT2D eigenvalue weighted by atomic mass is 35.5. The summed E-state index contributed by atoms with van der Waals surface area (Å²) in [5, 5.41) is 31.8. The monoisotopic (exact) mass is 302 g/mol. The van der Waals surface area contributed by atoms with Gasteiger partial charge in [-0.05, 0) is 0 Å². The van der Waals surface area contributed by atoms with Gasteiger partial charge in [-0.1, -0.05) is 0 Å². The average molecular weight is 303 g/mol. The van der Waals surface area contributed by atoms with E-state index in [1.807, 2.05) is 0 Å². The summed E-state index contributed by atoms with van der Waals surface area (Å²) in [6.07, 6.45) is 0.711. The van der Waals surface area contributed by atoms with E-state index in [0.717, 1.165) is 0 Å². The normalized spacial score (nSPS) is 29.6. The molecule has 9 heteroatoms. The van der Waals surface area contributed by atoms with Crippen molar-refractivity contribution in [3.8, 4) is 0 Å². The van der Waals surface area contributed by atoms with Gasteiger partial charge in [-0.15, -0.1) is 12.4 Å². The summed E-state index contributed by atoms with van der Waals surface area (Å²) in [6.45, 7) is -0.287. The largest absolute Gasteiger partial charge is 0.395 e. The van der Waals surface area contributed by atoms with Crippen LogP contribution in [0.4, 0.5) is 0 Å². The standard InChI is InChI=1S/C11H14N4O4.ClH/c16-2-5-9(17)10(18)7(15-5)4-1-12-8-6(4)13-3-14-11(8)19;/h1,3,5,7,9-10,12,15-18H,2H2,(H,13,14,19);1H/t5?,7-,9+,10?;/m0./s1. The number of hydrogen-bond acceptors (Lipinski definition) is 6. The Morgan fingerprint density at radius 3 is 2.65 bits per heavy atom. The molecule has 0 spiro atoms. The van der Waals surface area contributed by atoms with Crippen LogP contribution < -0.4 is 10.9 Å². The molecule has 3 rings (SSSR count). The molecule has 4 atom stereocenters. The Morgan fingerprint density at radius 1 is 1.25 bits per heavy atom. The van der Waals surface area contributed by atoms with Gasteiger partial charge in [0, 0.05) is 11.8 Å². The van der Waals surface area contributed by atoms with Gasteiger partial charge < -0.3 is 30.6 Å². The highest BCUT2D eigenvalue weighted by molar-refractivity contribution is 5.85. The molecular weight excluding hydrogens is 288 g/mol. The molecule has 1 aliphatic heterocycles. The molecule has 2 aromatic heterocycles. The van der Waals surface area contributed by atoms with Crippen LogP contribution >= 0.6 is 12.4 Å². The first-order valence-electron chi connectivity index (χ1n) is 5.91. The van der Waals surface area contributed by atoms with E-state index in [2.05, 4.69) is 20.3 Å². The molecule has 2 unspecified atom stereocenters. The maximum atomic E-state index is 11.6. The molecule has 1 aliphatic rings. The first-order valence-corrected chi connectivity index (χ1v) is 5.91. The summed E-state index contributed by atoms with van der Waals surface area (Å²) in [7, 11) is 0. The molecule has 0 aromatic carbocycles. The fourth-order valence-electron chi connectivity index (χ4n) is 2.51. The Morgan fingerprint density at radius 2 is 2.00 bits per heavy atom. The molecule has 1 saturated heterocycles. The molecule has 3 heterocycles. The van der Waals surface area contributed by atoms with Crippen molar-refractivity contribution >= 4 is 23.4 Å². The van der Waals surface area contributed by atoms with Crippen molar-refractivity contribution in [2.75, 3.05) is 6.61 Å². The van der Waals surface area contributed by atoms with Crippen LogP contribution in [-0.4, -0.2) is 55.1 Å². The predicted molar refractivity (Wildman–Crippen MR) is 72.7 cm³/mol. The van der Waals surface area contributed by atoms with Gasteiger partial charge in [0.05, 0.1) is 31.1 Å². The molecule has 0 saturated carbocycles. The van der Waals surface area contributed by atoms with Crippen molar-refractivity contribution in [3.63, 3.8) is 0 Å². The number of hydrogen-bond donors (Lipinski definition) is 6. The first kappa shape index (κ1) is 14.9. The smallest absolute Gasteiger partial charge is 0.275 e. The van der Waals surface area contributed by atoms with Crippen LogP contribution in [0.1, 0.15) is 11.6 Å². The number of H-pyrrole nitrogens is 2. The zero-order valence-corrected chi connectivity index (χ0v) is 11.1. The molecule has 6 N–H and O–H groups in total. The molecule has 0 radical (unpaired) electrons. The number of aliphatic hydroxyl groups excluding tert-OH is 3. The molecule has 0 aliphatic carbocycles. The lowest BCUT2D eigenvalue weighted by Gasteiger charge is -2.14. The van der Waals surface area contributed by atoms with Crippen molar-refractivity contribution in [1.29, 1.82) is 0 Å². The summed E-state index contributed by atoms with van der Waals surface area (Å²) >= 11 is 0. The van der Waals surface area contributed by atoms with E-state index in [0.29, 0.717) is 16.6 Å². The SMILES string of the molecule is Cl.O=c1[nH]cnc2c([C@@H]3NC(CO)[C@@H](O)C3O)c[nH]c12. The number of aromatic amines is 2. The van der Waals surface area contributed by atoms with Gasteiger partial charge in [-0.3, -0.25) is 4.79 Å². The summed E-state index contributed by atoms with van der Waals surface area (Å²) in [5.74, 6) is 0. The van der Waals surface area contributed by atoms with Gasteiger partial charge in [-0.2, -0.15) is 0 Å². The Labute approximate surface area is 119 Å². The van der Waals surface area contributed by atoms with Crippen molar-refractivity contribution in [2.24, 2.45) is 0 Å². The first-order chi connectivity index (χ1) is 9.13. The minimum Gasteiger partial charge on any atom is -0.395 e. The Balaban J connectivity index is 0.00000147. The van der Waals surface area contributed by atoms with Crippen LogP contribution in [0.25, 0.3) is 11.0 Å². The fraction of sp³-hybridized carbons (Fsp3) is 0.455. The molecule has 20 heavy (non-hydrogen) atoms. The molecule has 1 fully saturated rings. The van der Waals surface area contributed by atoms with E-state index in [1.165, 1.54) is 6.33 Å². The maximum absolute atomic E-state index is 11.6. The van der Waals surface area contributed by atoms with Crippen molar-refractivity contribution < 1.29 is 15.3 Å². The predicted octanol–water partition coefficient (Wildman–Crippen LogP) is -1.60. The number of nitrogens with one attached hydrogen (secondary N) is 3. The second kappa shape index (κ2) is 5.51. The van der Waals surface area contributed by atoms with E-state index >= 15 is 0 Å². The number of aliphatic hydroxyl groups is 3. The summed E-state index contributed by atoms with van der Waals surface area (Å²) in [6, 6.07) is -1.19. The van der Waals surface area contributed by atoms with Gasteiger partial charge >= 0.3 is 0 Å². The molecule has 8 nitrogen and oxygen atoms in total. The van der Waals surface area contributed by atoms with Crippen LogP contribution in [0.2, 0.25) is 0 Å². The fourth-order valence-corrected chi connectivity index (χ4v) is 2.51. The molecule has 110 valence electrons. The van der Waals surface area contributed by atoms with Gasteiger partial charge in [0.15, 0.2) is 0 Å². The number of rotatable bonds is 2. The van der Waals surface area contributed by atoms with E-state index in [1.54, 1.807) is 6.20 Å². The molecular formula is C11H15ClN4O4. The van der Waals surface area contributed by atoms with Crippen molar-refractivity contribution in [2.45, 2.75) is 24.3 Å². The topological polar surface area (TPSA) is 134 Å². The minimum atomic E-state index is -1.07. The lowest BCUT2D eigenvalue weighted by atomic mass is 10.0. The zero-order chi connectivity index (χ0) is 13.6. The second-order valence-electron chi connectivity index (χ2n) is 4.61. The molecule has 2 aromatic rings. The Bertz CT molecular complexity index is 657. The number of halogens is 1. The van der Waals surface area contributed by atoms with E-state index < -0.39 is 24.3 Å². The van der Waals surface area contributed by atoms with E-state index in [-0.39, 0.29) is 24.6 Å². The van der Waals surface area contributed by atoms with E-state index in [4.69, 9.17) is 5.11 Å². The minimum absolute atomic E-state index is 0. The van der Waals surface area contributed by atoms with Gasteiger partial charge in [0.25, 0.3) is 5.56 Å². The van der Waals surface area contributed by atoms with Crippen LogP contribution in [0.3, 0.4) is 0 Å². The van der Waals surface area contributed by atoms with Crippen molar-refractivity contribution in [1.82, 2.24) is 20.3 Å². The highest BCUT2D eigenvalue weighted by Gasteiger charge is 2.42. The Kier molecular flexibility index (Phi) is 4.11. The van der Waals surface area contributed by atoms with Gasteiger partial charge in [-0.25, -0.2) is 4.98 Å². The number of nitrogens with zero attached hydrogens (tertiary/aromatic N) is 1. The lowest BCUT2D eigenvalue weighted by Crippen LogP contribution is -2.35. The van der Waals surface area contributed by atoms with Crippen molar-refractivity contribution in [3.05, 3.63) is 28.4 Å². The Hall–Kier alpha value is -1.45. The maximum Gasteiger partial charge on any atom is 0.275 e. The van der Waals surface area contributed by atoms with Gasteiger partial charge in [0.2, 0.25) is 0 Å². The molecule has 0 bridgehead atoms. The third-order valence-corrected chi connectivity index (χ3v) is 3.53. The van der Waals surface area contributed by atoms with Gasteiger partial charge in [0.1, 0.15) is 17.1 Å². The third-order valence-electron chi connectivity index (χ3n) is 3.53. The zero-order valence-electron chi connectivity index (χ0n) is 10.3. The highest BCUT2D eigenvalue weighted by Crippen LogP contribution is 2.30. The summed E-state index contributed by atoms with van der Waals surface area (Å²) < 4.78 is 0. The van der Waals surface area contributed by atoms with Crippen LogP contribution in [0, 0.1) is 0 Å². The van der Waals surface area contributed by atoms with E-state index in [9.17, 15) is 15.0 Å². The number of fused-ring (bicyclic) bond motifs is 1. The lowest BCUT2D eigenvalue weighted by molar-refractivity contribution is 0.0196. The van der Waals surface area contributed by atoms with Crippen LogP contribution in [0.15, 0.2) is 17.3 Å². The van der Waals surface area contributed by atoms with Crippen LogP contribution in [0.5, 0.6) is 0 Å². The quantitative estimate of drug-likeness (QED) is 0.396.